The molecule has 2 aromatic carbocycles. The van der Waals surface area contributed by atoms with Crippen LogP contribution >= 0.6 is 0 Å². The van der Waals surface area contributed by atoms with Crippen LogP contribution in [0.25, 0.3) is 0 Å². The molecule has 0 aromatic heterocycles. The number of hydrogen-bond acceptors (Lipinski definition) is 3. The Morgan fingerprint density at radius 3 is 2.15 bits per heavy atom. The number of nitrogens with zero attached hydrogens (tertiary/aromatic N) is 2. The Balaban J connectivity index is 1.55. The van der Waals surface area contributed by atoms with Gasteiger partial charge in [-0.05, 0) is 30.5 Å². The van der Waals surface area contributed by atoms with E-state index in [-0.39, 0.29) is 18.4 Å². The zero-order chi connectivity index (χ0) is 18.4. The van der Waals surface area contributed by atoms with Crippen molar-refractivity contribution in [1.82, 2.24) is 10.2 Å². The van der Waals surface area contributed by atoms with Gasteiger partial charge in [0.25, 0.3) is 5.91 Å². The normalized spacial score (nSPS) is 15.7. The first-order chi connectivity index (χ1) is 12.6. The lowest BCUT2D eigenvalue weighted by Gasteiger charge is -2.37. The lowest BCUT2D eigenvalue weighted by Crippen LogP contribution is -2.47. The Bertz CT molecular complexity index is 804. The van der Waals surface area contributed by atoms with E-state index in [1.807, 2.05) is 36.4 Å². The van der Waals surface area contributed by atoms with Gasteiger partial charge in [-0.15, -0.1) is 0 Å². The zero-order valence-electron chi connectivity index (χ0n) is 14.5. The number of nitriles is 1. The predicted octanol–water partition coefficient (Wildman–Crippen LogP) is 2.50. The lowest BCUT2D eigenvalue weighted by atomic mass is 9.74. The number of piperidine rings is 1. The number of nitrogens with one attached hydrogen (secondary N) is 1. The van der Waals surface area contributed by atoms with Gasteiger partial charge in [0.05, 0.1) is 18.0 Å². The van der Waals surface area contributed by atoms with Crippen LogP contribution < -0.4 is 5.32 Å². The summed E-state index contributed by atoms with van der Waals surface area (Å²) in [5.41, 5.74) is 1.00. The van der Waals surface area contributed by atoms with Gasteiger partial charge in [-0.2, -0.15) is 5.26 Å². The Kier molecular flexibility index (Phi) is 5.33. The van der Waals surface area contributed by atoms with Crippen LogP contribution in [0.2, 0.25) is 0 Å². The summed E-state index contributed by atoms with van der Waals surface area (Å²) < 4.78 is 0. The van der Waals surface area contributed by atoms with E-state index >= 15 is 0 Å². The van der Waals surface area contributed by atoms with Gasteiger partial charge in [-0.1, -0.05) is 48.5 Å². The maximum absolute atomic E-state index is 12.4. The maximum atomic E-state index is 12.4. The first-order valence-corrected chi connectivity index (χ1v) is 8.72. The van der Waals surface area contributed by atoms with Crippen molar-refractivity contribution >= 4 is 11.8 Å². The van der Waals surface area contributed by atoms with Crippen molar-refractivity contribution < 1.29 is 9.59 Å². The van der Waals surface area contributed by atoms with E-state index in [0.29, 0.717) is 31.5 Å². The van der Waals surface area contributed by atoms with Crippen LogP contribution in [0.15, 0.2) is 60.7 Å². The van der Waals surface area contributed by atoms with Crippen molar-refractivity contribution in [2.75, 3.05) is 19.6 Å². The lowest BCUT2D eigenvalue weighted by molar-refractivity contribution is -0.131. The van der Waals surface area contributed by atoms with Gasteiger partial charge in [0.1, 0.15) is 0 Å². The third-order valence-electron chi connectivity index (χ3n) is 4.95. The minimum absolute atomic E-state index is 0.0291. The third-order valence-corrected chi connectivity index (χ3v) is 4.95. The number of carbonyl (C=O) groups excluding carboxylic acids is 2. The van der Waals surface area contributed by atoms with Gasteiger partial charge in [0, 0.05) is 18.7 Å². The molecule has 0 aliphatic carbocycles. The second-order valence-electron chi connectivity index (χ2n) is 6.49. The molecule has 5 heteroatoms. The molecule has 5 nitrogen and oxygen atoms in total. The van der Waals surface area contributed by atoms with Crippen LogP contribution in [0.1, 0.15) is 28.8 Å². The van der Waals surface area contributed by atoms with E-state index in [2.05, 4.69) is 11.4 Å². The molecule has 0 unspecified atom stereocenters. The Labute approximate surface area is 153 Å². The highest BCUT2D eigenvalue weighted by atomic mass is 16.2. The fourth-order valence-corrected chi connectivity index (χ4v) is 3.32. The molecule has 1 fully saturated rings. The van der Waals surface area contributed by atoms with Crippen molar-refractivity contribution in [3.05, 3.63) is 71.8 Å². The van der Waals surface area contributed by atoms with E-state index in [0.717, 1.165) is 5.56 Å². The van der Waals surface area contributed by atoms with Crippen molar-refractivity contribution in [3.63, 3.8) is 0 Å². The smallest absolute Gasteiger partial charge is 0.251 e. The number of hydrogen-bond donors (Lipinski definition) is 1. The van der Waals surface area contributed by atoms with E-state index in [4.69, 9.17) is 0 Å². The molecule has 1 N–H and O–H groups in total. The fraction of sp³-hybridized carbons (Fsp3) is 0.286. The van der Waals surface area contributed by atoms with Crippen molar-refractivity contribution in [3.8, 4) is 6.07 Å². The molecular formula is C21H21N3O2. The number of rotatable bonds is 4. The van der Waals surface area contributed by atoms with Crippen LogP contribution in [-0.2, 0) is 10.2 Å². The van der Waals surface area contributed by atoms with E-state index < -0.39 is 5.41 Å². The van der Waals surface area contributed by atoms with E-state index in [1.165, 1.54) is 0 Å². The van der Waals surface area contributed by atoms with Gasteiger partial charge in [0.2, 0.25) is 5.91 Å². The standard InChI is InChI=1S/C21H21N3O2/c22-16-21(18-9-5-2-6-10-18)11-13-24(14-12-21)19(25)15-23-20(26)17-7-3-1-4-8-17/h1-10H,11-15H2,(H,23,26). The average Bonchev–Trinajstić information content (AvgIpc) is 2.73. The molecular weight excluding hydrogens is 326 g/mol. The second kappa shape index (κ2) is 7.83. The SMILES string of the molecule is N#CC1(c2ccccc2)CCN(C(=O)CNC(=O)c2ccccc2)CC1. The first kappa shape index (κ1) is 17.7. The van der Waals surface area contributed by atoms with Crippen LogP contribution in [0.4, 0.5) is 0 Å². The highest BCUT2D eigenvalue weighted by Gasteiger charge is 2.37. The van der Waals surface area contributed by atoms with Crippen molar-refractivity contribution in [1.29, 1.82) is 5.26 Å². The molecule has 132 valence electrons. The molecule has 0 bridgehead atoms. The van der Waals surface area contributed by atoms with Gasteiger partial charge < -0.3 is 10.2 Å². The molecule has 1 saturated heterocycles. The summed E-state index contributed by atoms with van der Waals surface area (Å²) in [7, 11) is 0. The van der Waals surface area contributed by atoms with Gasteiger partial charge in [-0.3, -0.25) is 9.59 Å². The summed E-state index contributed by atoms with van der Waals surface area (Å²) in [6, 6.07) is 21.0. The second-order valence-corrected chi connectivity index (χ2v) is 6.49. The maximum Gasteiger partial charge on any atom is 0.251 e. The van der Waals surface area contributed by atoms with Crippen LogP contribution in [-0.4, -0.2) is 36.3 Å². The Morgan fingerprint density at radius 1 is 1.00 bits per heavy atom. The Hall–Kier alpha value is -3.13. The molecule has 0 saturated carbocycles. The summed E-state index contributed by atoms with van der Waals surface area (Å²) >= 11 is 0. The number of amides is 2. The van der Waals surface area contributed by atoms with Crippen molar-refractivity contribution in [2.45, 2.75) is 18.3 Å². The van der Waals surface area contributed by atoms with Crippen molar-refractivity contribution in [2.24, 2.45) is 0 Å². The molecule has 2 amide bonds. The van der Waals surface area contributed by atoms with Crippen LogP contribution in [0, 0.1) is 11.3 Å². The number of benzene rings is 2. The largest absolute Gasteiger partial charge is 0.343 e. The summed E-state index contributed by atoms with van der Waals surface area (Å²) in [4.78, 5) is 26.2. The molecule has 0 spiro atoms. The fourth-order valence-electron chi connectivity index (χ4n) is 3.32. The average molecular weight is 347 g/mol. The molecule has 0 atom stereocenters. The first-order valence-electron chi connectivity index (χ1n) is 8.72. The Morgan fingerprint density at radius 2 is 1.58 bits per heavy atom. The van der Waals surface area contributed by atoms with Gasteiger partial charge in [0.15, 0.2) is 0 Å². The molecule has 1 aliphatic heterocycles. The quantitative estimate of drug-likeness (QED) is 0.923. The van der Waals surface area contributed by atoms with Crippen LogP contribution in [0.3, 0.4) is 0 Å². The topological polar surface area (TPSA) is 73.2 Å². The molecule has 26 heavy (non-hydrogen) atoms. The molecule has 3 rings (SSSR count). The minimum Gasteiger partial charge on any atom is -0.343 e. The number of likely N-dealkylation sites (tertiary alicyclic amines) is 1. The molecule has 1 aliphatic rings. The minimum atomic E-state index is -0.536. The summed E-state index contributed by atoms with van der Waals surface area (Å²) in [5, 5.41) is 12.4. The summed E-state index contributed by atoms with van der Waals surface area (Å²) in [5.74, 6) is -0.375. The third kappa shape index (κ3) is 3.75. The number of carbonyl (C=O) groups is 2. The van der Waals surface area contributed by atoms with E-state index in [1.54, 1.807) is 29.2 Å². The molecule has 1 heterocycles. The summed E-state index contributed by atoms with van der Waals surface area (Å²) in [6.07, 6.45) is 1.21. The van der Waals surface area contributed by atoms with Gasteiger partial charge in [-0.25, -0.2) is 0 Å². The molecule has 0 radical (unpaired) electrons. The van der Waals surface area contributed by atoms with Gasteiger partial charge >= 0.3 is 0 Å². The van der Waals surface area contributed by atoms with Crippen LogP contribution in [0.5, 0.6) is 0 Å². The highest BCUT2D eigenvalue weighted by molar-refractivity contribution is 5.96. The summed E-state index contributed by atoms with van der Waals surface area (Å²) in [6.45, 7) is 1.00. The zero-order valence-corrected chi connectivity index (χ0v) is 14.5. The predicted molar refractivity (Wildman–Crippen MR) is 98.3 cm³/mol. The van der Waals surface area contributed by atoms with E-state index in [9.17, 15) is 14.9 Å². The molecule has 2 aromatic rings. The highest BCUT2D eigenvalue weighted by Crippen LogP contribution is 2.34. The monoisotopic (exact) mass is 347 g/mol.